The summed E-state index contributed by atoms with van der Waals surface area (Å²) in [4.78, 5) is 24.1. The Kier molecular flexibility index (Phi) is 6.95. The van der Waals surface area contributed by atoms with Crippen LogP contribution in [0, 0.1) is 6.92 Å². The molecular formula is C25H23NO3. The van der Waals surface area contributed by atoms with Crippen molar-refractivity contribution in [2.45, 2.75) is 13.3 Å². The molecule has 0 bridgehead atoms. The summed E-state index contributed by atoms with van der Waals surface area (Å²) in [6.45, 7) is 1.65. The fourth-order valence-electron chi connectivity index (χ4n) is 2.92. The molecule has 29 heavy (non-hydrogen) atoms. The molecule has 0 unspecified atom stereocenters. The lowest BCUT2D eigenvalue weighted by Crippen LogP contribution is -2.20. The van der Waals surface area contributed by atoms with E-state index in [9.17, 15) is 9.59 Å². The summed E-state index contributed by atoms with van der Waals surface area (Å²) in [7, 11) is 0. The van der Waals surface area contributed by atoms with Crippen LogP contribution in [0.15, 0.2) is 84.9 Å². The number of benzene rings is 3. The van der Waals surface area contributed by atoms with E-state index in [0.717, 1.165) is 22.3 Å². The van der Waals surface area contributed by atoms with Crippen molar-refractivity contribution in [2.24, 2.45) is 0 Å². The second-order valence-electron chi connectivity index (χ2n) is 6.72. The van der Waals surface area contributed by atoms with Crippen molar-refractivity contribution < 1.29 is 14.3 Å². The van der Waals surface area contributed by atoms with Gasteiger partial charge < -0.3 is 10.1 Å². The number of hydrogen-bond donors (Lipinski definition) is 1. The smallest absolute Gasteiger partial charge is 0.331 e. The van der Waals surface area contributed by atoms with Crippen molar-refractivity contribution >= 4 is 23.6 Å². The second-order valence-corrected chi connectivity index (χ2v) is 6.72. The highest BCUT2D eigenvalue weighted by molar-refractivity contribution is 5.95. The van der Waals surface area contributed by atoms with Gasteiger partial charge in [0.1, 0.15) is 0 Å². The Labute approximate surface area is 170 Å². The molecule has 0 radical (unpaired) electrons. The van der Waals surface area contributed by atoms with Gasteiger partial charge in [-0.1, -0.05) is 78.4 Å². The molecule has 4 nitrogen and oxygen atoms in total. The van der Waals surface area contributed by atoms with E-state index in [1.54, 1.807) is 6.08 Å². The lowest BCUT2D eigenvalue weighted by Gasteiger charge is -2.11. The molecule has 0 spiro atoms. The summed E-state index contributed by atoms with van der Waals surface area (Å²) in [5, 5.41) is 2.83. The molecule has 1 N–H and O–H groups in total. The summed E-state index contributed by atoms with van der Waals surface area (Å²) >= 11 is 0. The third-order valence-corrected chi connectivity index (χ3v) is 4.33. The number of anilines is 1. The molecular weight excluding hydrogens is 362 g/mol. The standard InChI is InChI=1S/C25H23NO3/c1-19-8-7-11-21(16-19)14-15-25(28)29-18-24(27)26-23-13-6-5-12-22(23)17-20-9-3-2-4-10-20/h2-16H,17-18H2,1H3,(H,26,27)/b15-14+. The Morgan fingerprint density at radius 3 is 2.48 bits per heavy atom. The van der Waals surface area contributed by atoms with Crippen LogP contribution in [0.2, 0.25) is 0 Å². The largest absolute Gasteiger partial charge is 0.452 e. The fraction of sp³-hybridized carbons (Fsp3) is 0.120. The van der Waals surface area contributed by atoms with E-state index in [2.05, 4.69) is 5.32 Å². The average Bonchev–Trinajstić information content (AvgIpc) is 2.73. The predicted molar refractivity (Wildman–Crippen MR) is 115 cm³/mol. The Hall–Kier alpha value is -3.66. The molecule has 146 valence electrons. The van der Waals surface area contributed by atoms with Gasteiger partial charge in [-0.15, -0.1) is 0 Å². The van der Waals surface area contributed by atoms with Gasteiger partial charge in [-0.05, 0) is 42.2 Å². The third-order valence-electron chi connectivity index (χ3n) is 4.33. The maximum Gasteiger partial charge on any atom is 0.331 e. The van der Waals surface area contributed by atoms with Gasteiger partial charge in [-0.25, -0.2) is 4.79 Å². The molecule has 0 aromatic heterocycles. The summed E-state index contributed by atoms with van der Waals surface area (Å²) < 4.78 is 5.05. The molecule has 0 aliphatic carbocycles. The number of esters is 1. The number of para-hydroxylation sites is 1. The topological polar surface area (TPSA) is 55.4 Å². The minimum Gasteiger partial charge on any atom is -0.452 e. The number of ether oxygens (including phenoxy) is 1. The number of nitrogens with one attached hydrogen (secondary N) is 1. The molecule has 4 heteroatoms. The van der Waals surface area contributed by atoms with Crippen LogP contribution in [0.5, 0.6) is 0 Å². The summed E-state index contributed by atoms with van der Waals surface area (Å²) in [5.74, 6) is -0.929. The molecule has 0 heterocycles. The number of rotatable bonds is 7. The highest BCUT2D eigenvalue weighted by atomic mass is 16.5. The van der Waals surface area contributed by atoms with Crippen LogP contribution < -0.4 is 5.32 Å². The first-order valence-corrected chi connectivity index (χ1v) is 9.43. The van der Waals surface area contributed by atoms with Gasteiger partial charge >= 0.3 is 5.97 Å². The van der Waals surface area contributed by atoms with E-state index in [-0.39, 0.29) is 12.5 Å². The normalized spacial score (nSPS) is 10.7. The molecule has 0 saturated heterocycles. The molecule has 3 aromatic rings. The van der Waals surface area contributed by atoms with Gasteiger partial charge in [0.15, 0.2) is 6.61 Å². The SMILES string of the molecule is Cc1cccc(/C=C/C(=O)OCC(=O)Nc2ccccc2Cc2ccccc2)c1. The second kappa shape index (κ2) is 10.0. The van der Waals surface area contributed by atoms with Gasteiger partial charge in [0.25, 0.3) is 5.91 Å². The van der Waals surface area contributed by atoms with Crippen molar-refractivity contribution in [3.63, 3.8) is 0 Å². The zero-order valence-electron chi connectivity index (χ0n) is 16.3. The maximum absolute atomic E-state index is 12.2. The van der Waals surface area contributed by atoms with E-state index in [1.807, 2.05) is 85.8 Å². The molecule has 0 saturated carbocycles. The van der Waals surface area contributed by atoms with Crippen molar-refractivity contribution in [3.8, 4) is 0 Å². The number of carbonyl (C=O) groups is 2. The Morgan fingerprint density at radius 2 is 1.69 bits per heavy atom. The minimum atomic E-state index is -0.556. The van der Waals surface area contributed by atoms with Crippen LogP contribution in [0.3, 0.4) is 0 Å². The lowest BCUT2D eigenvalue weighted by molar-refractivity contribution is -0.142. The molecule has 3 aromatic carbocycles. The Balaban J connectivity index is 1.54. The predicted octanol–water partition coefficient (Wildman–Crippen LogP) is 4.78. The van der Waals surface area contributed by atoms with Crippen LogP contribution >= 0.6 is 0 Å². The number of amides is 1. The van der Waals surface area contributed by atoms with Crippen LogP contribution in [0.1, 0.15) is 22.3 Å². The van der Waals surface area contributed by atoms with Gasteiger partial charge in [-0.2, -0.15) is 0 Å². The van der Waals surface area contributed by atoms with Gasteiger partial charge in [0, 0.05) is 11.8 Å². The number of hydrogen-bond acceptors (Lipinski definition) is 3. The zero-order valence-corrected chi connectivity index (χ0v) is 16.3. The molecule has 0 fully saturated rings. The molecule has 0 aliphatic heterocycles. The quantitative estimate of drug-likeness (QED) is 0.470. The zero-order chi connectivity index (χ0) is 20.5. The third kappa shape index (κ3) is 6.47. The van der Waals surface area contributed by atoms with E-state index in [0.29, 0.717) is 12.1 Å². The van der Waals surface area contributed by atoms with E-state index < -0.39 is 5.97 Å². The highest BCUT2D eigenvalue weighted by Gasteiger charge is 2.09. The first-order valence-electron chi connectivity index (χ1n) is 9.43. The van der Waals surface area contributed by atoms with Crippen molar-refractivity contribution in [1.29, 1.82) is 0 Å². The molecule has 3 rings (SSSR count). The van der Waals surface area contributed by atoms with Gasteiger partial charge in [0.2, 0.25) is 0 Å². The molecule has 0 atom stereocenters. The molecule has 0 aliphatic rings. The van der Waals surface area contributed by atoms with Crippen molar-refractivity contribution in [2.75, 3.05) is 11.9 Å². The molecule has 1 amide bonds. The van der Waals surface area contributed by atoms with Crippen molar-refractivity contribution in [3.05, 3.63) is 107 Å². The van der Waals surface area contributed by atoms with E-state index >= 15 is 0 Å². The van der Waals surface area contributed by atoms with Gasteiger partial charge in [0.05, 0.1) is 0 Å². The van der Waals surface area contributed by atoms with Crippen LogP contribution in [0.25, 0.3) is 6.08 Å². The summed E-state index contributed by atoms with van der Waals surface area (Å²) in [6, 6.07) is 25.4. The lowest BCUT2D eigenvalue weighted by atomic mass is 10.0. The number of aryl methyl sites for hydroxylation is 1. The van der Waals surface area contributed by atoms with Crippen LogP contribution in [-0.4, -0.2) is 18.5 Å². The average molecular weight is 385 g/mol. The van der Waals surface area contributed by atoms with E-state index in [4.69, 9.17) is 4.74 Å². The summed E-state index contributed by atoms with van der Waals surface area (Å²) in [6.07, 6.45) is 3.70. The van der Waals surface area contributed by atoms with Gasteiger partial charge in [-0.3, -0.25) is 4.79 Å². The first kappa shape index (κ1) is 20.1. The highest BCUT2D eigenvalue weighted by Crippen LogP contribution is 2.19. The van der Waals surface area contributed by atoms with Crippen LogP contribution in [0.4, 0.5) is 5.69 Å². The van der Waals surface area contributed by atoms with Crippen LogP contribution in [-0.2, 0) is 20.7 Å². The first-order chi connectivity index (χ1) is 14.1. The van der Waals surface area contributed by atoms with Crippen molar-refractivity contribution in [1.82, 2.24) is 0 Å². The fourth-order valence-corrected chi connectivity index (χ4v) is 2.92. The summed E-state index contributed by atoms with van der Waals surface area (Å²) in [5.41, 5.74) is 4.88. The Morgan fingerprint density at radius 1 is 0.931 bits per heavy atom. The monoisotopic (exact) mass is 385 g/mol. The van der Waals surface area contributed by atoms with E-state index in [1.165, 1.54) is 6.08 Å². The maximum atomic E-state index is 12.2. The minimum absolute atomic E-state index is 0.337. The number of carbonyl (C=O) groups excluding carboxylic acids is 2. The Bertz CT molecular complexity index is 1010.